The number of carboxylic acid groups (broad SMARTS) is 1. The Hall–Kier alpha value is -3.82. The molecule has 5 rings (SSSR count). The van der Waals surface area contributed by atoms with Crippen molar-refractivity contribution in [2.45, 2.75) is 70.4 Å². The number of carbonyl (C=O) groups is 2. The molecular weight excluding hydrogens is 487 g/mol. The lowest BCUT2D eigenvalue weighted by atomic mass is 9.76. The Morgan fingerprint density at radius 2 is 1.95 bits per heavy atom. The lowest BCUT2D eigenvalue weighted by molar-refractivity contribution is 0.102. The maximum absolute atomic E-state index is 14.9. The van der Waals surface area contributed by atoms with E-state index >= 15 is 0 Å². The molecule has 2 aliphatic rings. The second kappa shape index (κ2) is 10.9. The summed E-state index contributed by atoms with van der Waals surface area (Å²) in [6, 6.07) is 6.40. The highest BCUT2D eigenvalue weighted by atomic mass is 19.1. The van der Waals surface area contributed by atoms with Crippen molar-refractivity contribution in [3.05, 3.63) is 53.6 Å². The number of pyridine rings is 1. The number of fused-ring (bicyclic) bond motifs is 1. The number of benzene rings is 1. The van der Waals surface area contributed by atoms with Gasteiger partial charge in [0.05, 0.1) is 17.4 Å². The summed E-state index contributed by atoms with van der Waals surface area (Å²) >= 11 is 0. The Morgan fingerprint density at radius 1 is 1.11 bits per heavy atom. The fraction of sp³-hybridized carbons (Fsp3) is 0.464. The smallest absolute Gasteiger partial charge is 0.404 e. The molecule has 1 aromatic carbocycles. The van der Waals surface area contributed by atoms with Gasteiger partial charge in [-0.2, -0.15) is 0 Å². The van der Waals surface area contributed by atoms with E-state index in [1.54, 1.807) is 18.5 Å². The van der Waals surface area contributed by atoms with E-state index in [4.69, 9.17) is 0 Å². The first-order valence-corrected chi connectivity index (χ1v) is 13.3. The van der Waals surface area contributed by atoms with Crippen LogP contribution in [0.2, 0.25) is 0 Å². The predicted molar refractivity (Wildman–Crippen MR) is 143 cm³/mol. The predicted octanol–water partition coefficient (Wildman–Crippen LogP) is 5.33. The molecule has 1 unspecified atom stereocenters. The van der Waals surface area contributed by atoms with Gasteiger partial charge in [-0.05, 0) is 87.1 Å². The van der Waals surface area contributed by atoms with Crippen molar-refractivity contribution in [1.82, 2.24) is 20.5 Å². The number of amides is 2. The van der Waals surface area contributed by atoms with Gasteiger partial charge in [0.2, 0.25) is 0 Å². The number of hydrogen-bond acceptors (Lipinski definition) is 6. The number of nitrogens with one attached hydrogen (secondary N) is 2. The summed E-state index contributed by atoms with van der Waals surface area (Å²) < 4.78 is 14.9. The van der Waals surface area contributed by atoms with Crippen LogP contribution in [0.15, 0.2) is 36.7 Å². The van der Waals surface area contributed by atoms with Gasteiger partial charge in [-0.25, -0.2) is 9.18 Å². The molecule has 1 aliphatic carbocycles. The normalized spacial score (nSPS) is 23.7. The molecule has 0 radical (unpaired) electrons. The van der Waals surface area contributed by atoms with Crippen molar-refractivity contribution in [2.24, 2.45) is 5.92 Å². The zero-order valence-corrected chi connectivity index (χ0v) is 21.7. The number of nitrogens with zero attached hydrogens (tertiary/aromatic N) is 4. The van der Waals surface area contributed by atoms with Crippen LogP contribution in [-0.4, -0.2) is 50.9 Å². The summed E-state index contributed by atoms with van der Waals surface area (Å²) in [4.78, 5) is 31.0. The SMILES string of the molecule is CC1CCCCN1c1cc2c(F)ccc(C(=O)Nc3cnccc3[C@@H]3C[C@H](C)C[C@H](NC(=O)O)C3)c2nn1. The summed E-state index contributed by atoms with van der Waals surface area (Å²) in [5, 5.41) is 23.7. The number of aromatic nitrogens is 3. The highest BCUT2D eigenvalue weighted by Crippen LogP contribution is 2.39. The van der Waals surface area contributed by atoms with Crippen LogP contribution >= 0.6 is 0 Å². The van der Waals surface area contributed by atoms with Crippen LogP contribution in [0, 0.1) is 11.7 Å². The van der Waals surface area contributed by atoms with Crippen LogP contribution in [0.4, 0.5) is 20.7 Å². The second-order valence-electron chi connectivity index (χ2n) is 10.7. The molecule has 38 heavy (non-hydrogen) atoms. The van der Waals surface area contributed by atoms with Crippen LogP contribution in [0.25, 0.3) is 10.9 Å². The van der Waals surface area contributed by atoms with Crippen LogP contribution in [0.3, 0.4) is 0 Å². The zero-order valence-electron chi connectivity index (χ0n) is 21.7. The molecule has 3 aromatic rings. The molecule has 2 aromatic heterocycles. The van der Waals surface area contributed by atoms with E-state index in [2.05, 4.69) is 44.6 Å². The maximum Gasteiger partial charge on any atom is 0.404 e. The van der Waals surface area contributed by atoms with Gasteiger partial charge in [-0.3, -0.25) is 9.78 Å². The molecule has 0 spiro atoms. The Bertz CT molecular complexity index is 1350. The van der Waals surface area contributed by atoms with E-state index in [0.29, 0.717) is 29.9 Å². The van der Waals surface area contributed by atoms with Crippen LogP contribution in [0.5, 0.6) is 0 Å². The van der Waals surface area contributed by atoms with Gasteiger partial charge in [0.1, 0.15) is 11.3 Å². The standard InChI is InChI=1S/C28H33FN6O3/c1-16-11-18(13-19(12-16)31-28(37)38)20-8-9-30-15-24(20)32-27(36)21-6-7-23(29)22-14-25(33-34-26(21)22)35-10-4-3-5-17(35)2/h6-9,14-19,31H,3-5,10-13H2,1-2H3,(H,32,36)(H,37,38)/t16-,17?,18+,19-/m0/s1. The monoisotopic (exact) mass is 520 g/mol. The van der Waals surface area contributed by atoms with Gasteiger partial charge in [-0.1, -0.05) is 6.92 Å². The van der Waals surface area contributed by atoms with E-state index in [0.717, 1.165) is 44.2 Å². The third kappa shape index (κ3) is 5.39. The fourth-order valence-corrected chi connectivity index (χ4v) is 6.05. The number of piperidine rings is 1. The van der Waals surface area contributed by atoms with Crippen LogP contribution in [0.1, 0.15) is 74.2 Å². The summed E-state index contributed by atoms with van der Waals surface area (Å²) in [7, 11) is 0. The minimum absolute atomic E-state index is 0.0488. The van der Waals surface area contributed by atoms with E-state index in [-0.39, 0.29) is 28.4 Å². The topological polar surface area (TPSA) is 120 Å². The first-order valence-electron chi connectivity index (χ1n) is 13.3. The van der Waals surface area contributed by atoms with Gasteiger partial charge in [0, 0.05) is 30.2 Å². The summed E-state index contributed by atoms with van der Waals surface area (Å²) in [5.41, 5.74) is 1.88. The highest BCUT2D eigenvalue weighted by molar-refractivity contribution is 6.12. The molecule has 1 aliphatic heterocycles. The molecule has 3 heterocycles. The molecule has 2 amide bonds. The van der Waals surface area contributed by atoms with E-state index < -0.39 is 17.8 Å². The fourth-order valence-electron chi connectivity index (χ4n) is 6.05. The van der Waals surface area contributed by atoms with Gasteiger partial charge in [-0.15, -0.1) is 10.2 Å². The van der Waals surface area contributed by atoms with Gasteiger partial charge in [0.15, 0.2) is 5.82 Å². The number of carbonyl (C=O) groups excluding carboxylic acids is 1. The van der Waals surface area contributed by atoms with Crippen molar-refractivity contribution in [3.63, 3.8) is 0 Å². The number of anilines is 2. The number of rotatable bonds is 5. The number of hydrogen-bond donors (Lipinski definition) is 3. The molecule has 4 atom stereocenters. The van der Waals surface area contributed by atoms with Gasteiger partial charge in [0.25, 0.3) is 5.91 Å². The largest absolute Gasteiger partial charge is 0.465 e. The molecule has 10 heteroatoms. The molecule has 3 N–H and O–H groups in total. The maximum atomic E-state index is 14.9. The molecule has 2 fully saturated rings. The lowest BCUT2D eigenvalue weighted by Crippen LogP contribution is -2.39. The molecule has 1 saturated heterocycles. The van der Waals surface area contributed by atoms with Crippen LogP contribution < -0.4 is 15.5 Å². The van der Waals surface area contributed by atoms with Crippen molar-refractivity contribution in [3.8, 4) is 0 Å². The minimum Gasteiger partial charge on any atom is -0.465 e. The van der Waals surface area contributed by atoms with E-state index in [1.165, 1.54) is 12.1 Å². The Labute approximate surface area is 220 Å². The van der Waals surface area contributed by atoms with E-state index in [1.807, 2.05) is 6.07 Å². The van der Waals surface area contributed by atoms with Crippen molar-refractivity contribution in [2.75, 3.05) is 16.8 Å². The average Bonchev–Trinajstić information content (AvgIpc) is 2.88. The summed E-state index contributed by atoms with van der Waals surface area (Å²) in [6.07, 6.45) is 7.76. The van der Waals surface area contributed by atoms with Crippen molar-refractivity contribution < 1.29 is 19.1 Å². The van der Waals surface area contributed by atoms with E-state index in [9.17, 15) is 19.1 Å². The second-order valence-corrected chi connectivity index (χ2v) is 10.7. The third-order valence-electron chi connectivity index (χ3n) is 7.84. The van der Waals surface area contributed by atoms with Crippen molar-refractivity contribution in [1.29, 1.82) is 0 Å². The molecule has 9 nitrogen and oxygen atoms in total. The molecular formula is C28H33FN6O3. The van der Waals surface area contributed by atoms with Gasteiger partial charge < -0.3 is 20.6 Å². The minimum atomic E-state index is -1.03. The third-order valence-corrected chi connectivity index (χ3v) is 7.84. The van der Waals surface area contributed by atoms with Crippen molar-refractivity contribution >= 4 is 34.4 Å². The first-order chi connectivity index (χ1) is 18.3. The van der Waals surface area contributed by atoms with Gasteiger partial charge >= 0.3 is 6.09 Å². The Morgan fingerprint density at radius 3 is 2.74 bits per heavy atom. The lowest BCUT2D eigenvalue weighted by Gasteiger charge is -2.34. The summed E-state index contributed by atoms with van der Waals surface area (Å²) in [5.74, 6) is 0.101. The summed E-state index contributed by atoms with van der Waals surface area (Å²) in [6.45, 7) is 5.07. The molecule has 1 saturated carbocycles. The zero-order chi connectivity index (χ0) is 26.8. The highest BCUT2D eigenvalue weighted by Gasteiger charge is 2.30. The first kappa shape index (κ1) is 25.8. The average molecular weight is 521 g/mol. The van der Waals surface area contributed by atoms with Crippen LogP contribution in [-0.2, 0) is 0 Å². The Kier molecular flexibility index (Phi) is 7.40. The number of halogens is 1. The quantitative estimate of drug-likeness (QED) is 0.416. The Balaban J connectivity index is 1.42. The molecule has 0 bridgehead atoms. The molecule has 200 valence electrons.